The van der Waals surface area contributed by atoms with Crippen molar-refractivity contribution >= 4 is 23.2 Å². The van der Waals surface area contributed by atoms with Gasteiger partial charge in [-0.25, -0.2) is 4.39 Å². The van der Waals surface area contributed by atoms with Gasteiger partial charge in [-0.2, -0.15) is 0 Å². The number of halogens is 1. The van der Waals surface area contributed by atoms with Crippen molar-refractivity contribution in [3.8, 4) is 0 Å². The summed E-state index contributed by atoms with van der Waals surface area (Å²) in [5.41, 5.74) is 3.53. The third-order valence-corrected chi connectivity index (χ3v) is 6.40. The van der Waals surface area contributed by atoms with Crippen molar-refractivity contribution in [1.29, 1.82) is 0 Å². The van der Waals surface area contributed by atoms with Crippen LogP contribution in [-0.2, 0) is 6.54 Å². The first kappa shape index (κ1) is 23.6. The third-order valence-electron chi connectivity index (χ3n) is 6.40. The quantitative estimate of drug-likeness (QED) is 0.474. The number of nitrogens with one attached hydrogen (secondary N) is 2. The minimum Gasteiger partial charge on any atom is -0.322 e. The lowest BCUT2D eigenvalue weighted by atomic mass is 10.0. The average Bonchev–Trinajstić information content (AvgIpc) is 2.83. The minimum absolute atomic E-state index is 0.0456. The van der Waals surface area contributed by atoms with Crippen molar-refractivity contribution in [3.63, 3.8) is 0 Å². The van der Waals surface area contributed by atoms with E-state index in [4.69, 9.17) is 0 Å². The highest BCUT2D eigenvalue weighted by Crippen LogP contribution is 2.22. The van der Waals surface area contributed by atoms with E-state index < -0.39 is 11.7 Å². The van der Waals surface area contributed by atoms with Gasteiger partial charge >= 0.3 is 0 Å². The summed E-state index contributed by atoms with van der Waals surface area (Å²) in [6.07, 6.45) is 3.79. The molecule has 1 heterocycles. The summed E-state index contributed by atoms with van der Waals surface area (Å²) in [6, 6.07) is 19.4. The zero-order chi connectivity index (χ0) is 24.1. The Morgan fingerprint density at radius 2 is 1.74 bits per heavy atom. The zero-order valence-corrected chi connectivity index (χ0v) is 19.6. The normalized spacial score (nSPS) is 16.1. The Labute approximate surface area is 200 Å². The van der Waals surface area contributed by atoms with E-state index in [-0.39, 0.29) is 11.5 Å². The van der Waals surface area contributed by atoms with E-state index in [2.05, 4.69) is 22.5 Å². The summed E-state index contributed by atoms with van der Waals surface area (Å²) in [5.74, 6) is -1.43. The highest BCUT2D eigenvalue weighted by Gasteiger charge is 2.18. The SMILES string of the molecule is Cc1ccc(C(=O)Nc2ccc(CN3CCCCC3C)cc2)cc1NC(=O)c1ccccc1F. The number of nitrogens with zero attached hydrogens (tertiary/aromatic N) is 1. The molecule has 2 N–H and O–H groups in total. The first-order valence-electron chi connectivity index (χ1n) is 11.7. The Morgan fingerprint density at radius 1 is 0.971 bits per heavy atom. The van der Waals surface area contributed by atoms with Crippen molar-refractivity contribution in [2.24, 2.45) is 0 Å². The van der Waals surface area contributed by atoms with E-state index in [9.17, 15) is 14.0 Å². The summed E-state index contributed by atoms with van der Waals surface area (Å²) in [4.78, 5) is 27.8. The highest BCUT2D eigenvalue weighted by molar-refractivity contribution is 6.07. The van der Waals surface area contributed by atoms with E-state index in [1.807, 2.05) is 31.2 Å². The van der Waals surface area contributed by atoms with Crippen LogP contribution in [0.4, 0.5) is 15.8 Å². The van der Waals surface area contributed by atoms with Crippen molar-refractivity contribution in [2.75, 3.05) is 17.2 Å². The molecule has 176 valence electrons. The molecule has 0 bridgehead atoms. The van der Waals surface area contributed by atoms with Gasteiger partial charge in [-0.05, 0) is 80.8 Å². The average molecular weight is 460 g/mol. The van der Waals surface area contributed by atoms with Crippen molar-refractivity contribution in [2.45, 2.75) is 45.7 Å². The van der Waals surface area contributed by atoms with E-state index in [0.717, 1.165) is 18.7 Å². The standard InChI is InChI=1S/C28H30FN3O2/c1-19-10-13-22(17-26(19)31-28(34)24-8-3-4-9-25(24)29)27(33)30-23-14-11-21(12-15-23)18-32-16-6-5-7-20(32)2/h3-4,8-15,17,20H,5-7,16,18H2,1-2H3,(H,30,33)(H,31,34). The van der Waals surface area contributed by atoms with Gasteiger partial charge in [0, 0.05) is 29.5 Å². The Bertz CT molecular complexity index is 1180. The fourth-order valence-corrected chi connectivity index (χ4v) is 4.26. The first-order valence-corrected chi connectivity index (χ1v) is 11.7. The molecule has 1 unspecified atom stereocenters. The number of benzene rings is 3. The summed E-state index contributed by atoms with van der Waals surface area (Å²) in [7, 11) is 0. The topological polar surface area (TPSA) is 61.4 Å². The predicted molar refractivity (Wildman–Crippen MR) is 134 cm³/mol. The molecular weight excluding hydrogens is 429 g/mol. The van der Waals surface area contributed by atoms with Gasteiger partial charge in [0.2, 0.25) is 0 Å². The van der Waals surface area contributed by atoms with Gasteiger partial charge in [0.1, 0.15) is 5.82 Å². The lowest BCUT2D eigenvalue weighted by Gasteiger charge is -2.33. The number of hydrogen-bond donors (Lipinski definition) is 2. The molecule has 1 aliphatic rings. The molecule has 2 amide bonds. The fourth-order valence-electron chi connectivity index (χ4n) is 4.26. The van der Waals surface area contributed by atoms with E-state index in [1.165, 1.54) is 43.0 Å². The maximum atomic E-state index is 13.9. The number of likely N-dealkylation sites (tertiary alicyclic amines) is 1. The van der Waals surface area contributed by atoms with Gasteiger partial charge in [0.15, 0.2) is 0 Å². The highest BCUT2D eigenvalue weighted by atomic mass is 19.1. The molecule has 34 heavy (non-hydrogen) atoms. The van der Waals surface area contributed by atoms with Gasteiger partial charge in [-0.3, -0.25) is 14.5 Å². The number of amides is 2. The molecule has 6 heteroatoms. The monoisotopic (exact) mass is 459 g/mol. The molecular formula is C28H30FN3O2. The predicted octanol–water partition coefficient (Wildman–Crippen LogP) is 6.01. The zero-order valence-electron chi connectivity index (χ0n) is 19.6. The molecule has 1 atom stereocenters. The molecule has 1 aliphatic heterocycles. The Morgan fingerprint density at radius 3 is 2.47 bits per heavy atom. The van der Waals surface area contributed by atoms with Crippen LogP contribution in [0, 0.1) is 12.7 Å². The lowest BCUT2D eigenvalue weighted by molar-refractivity contribution is 0.101. The number of anilines is 2. The number of carbonyl (C=O) groups is 2. The molecule has 5 nitrogen and oxygen atoms in total. The largest absolute Gasteiger partial charge is 0.322 e. The molecule has 0 aromatic heterocycles. The molecule has 0 radical (unpaired) electrons. The second kappa shape index (κ2) is 10.6. The van der Waals surface area contributed by atoms with E-state index in [1.54, 1.807) is 24.3 Å². The molecule has 0 spiro atoms. The Balaban J connectivity index is 1.41. The maximum absolute atomic E-state index is 13.9. The van der Waals surface area contributed by atoms with Crippen LogP contribution in [-0.4, -0.2) is 29.3 Å². The van der Waals surface area contributed by atoms with Crippen molar-refractivity contribution in [1.82, 2.24) is 4.90 Å². The van der Waals surface area contributed by atoms with Gasteiger partial charge < -0.3 is 10.6 Å². The van der Waals surface area contributed by atoms with Crippen LogP contribution in [0.5, 0.6) is 0 Å². The number of rotatable bonds is 6. The van der Waals surface area contributed by atoms with Gasteiger partial charge in [0.05, 0.1) is 5.56 Å². The van der Waals surface area contributed by atoms with Crippen LogP contribution in [0.1, 0.15) is 58.0 Å². The summed E-state index contributed by atoms with van der Waals surface area (Å²) in [5, 5.41) is 5.63. The maximum Gasteiger partial charge on any atom is 0.258 e. The number of carbonyl (C=O) groups excluding carboxylic acids is 2. The molecule has 3 aromatic carbocycles. The second-order valence-electron chi connectivity index (χ2n) is 8.93. The van der Waals surface area contributed by atoms with Gasteiger partial charge in [0.25, 0.3) is 11.8 Å². The number of aryl methyl sites for hydroxylation is 1. The molecule has 0 saturated carbocycles. The lowest BCUT2D eigenvalue weighted by Crippen LogP contribution is -2.36. The molecule has 3 aromatic rings. The van der Waals surface area contributed by atoms with Crippen molar-refractivity contribution < 1.29 is 14.0 Å². The smallest absolute Gasteiger partial charge is 0.258 e. The van der Waals surface area contributed by atoms with Crippen LogP contribution in [0.25, 0.3) is 0 Å². The molecule has 4 rings (SSSR count). The summed E-state index contributed by atoms with van der Waals surface area (Å²) < 4.78 is 13.9. The third kappa shape index (κ3) is 5.69. The molecule has 0 aliphatic carbocycles. The summed E-state index contributed by atoms with van der Waals surface area (Å²) >= 11 is 0. The van der Waals surface area contributed by atoms with Gasteiger partial charge in [-0.15, -0.1) is 0 Å². The van der Waals surface area contributed by atoms with Crippen LogP contribution in [0.2, 0.25) is 0 Å². The van der Waals surface area contributed by atoms with Crippen LogP contribution in [0.15, 0.2) is 66.7 Å². The number of hydrogen-bond acceptors (Lipinski definition) is 3. The minimum atomic E-state index is -0.593. The summed E-state index contributed by atoms with van der Waals surface area (Å²) in [6.45, 7) is 6.14. The second-order valence-corrected chi connectivity index (χ2v) is 8.93. The Kier molecular flexibility index (Phi) is 7.38. The van der Waals surface area contributed by atoms with Crippen LogP contribution >= 0.6 is 0 Å². The first-order chi connectivity index (χ1) is 16.4. The number of piperidine rings is 1. The molecule has 1 fully saturated rings. The van der Waals surface area contributed by atoms with Gasteiger partial charge in [-0.1, -0.05) is 36.8 Å². The van der Waals surface area contributed by atoms with Crippen molar-refractivity contribution in [3.05, 3.63) is 94.8 Å². The van der Waals surface area contributed by atoms with E-state index in [0.29, 0.717) is 23.0 Å². The molecule has 1 saturated heterocycles. The van der Waals surface area contributed by atoms with Crippen LogP contribution in [0.3, 0.4) is 0 Å². The fraction of sp³-hybridized carbons (Fsp3) is 0.286. The van der Waals surface area contributed by atoms with Crippen LogP contribution < -0.4 is 10.6 Å². The van der Waals surface area contributed by atoms with E-state index >= 15 is 0 Å². The Hall–Kier alpha value is -3.51.